The van der Waals surface area contributed by atoms with Gasteiger partial charge in [-0.25, -0.2) is 0 Å². The van der Waals surface area contributed by atoms with Crippen LogP contribution in [-0.2, 0) is 6.42 Å². The number of aromatic nitrogens is 3. The van der Waals surface area contributed by atoms with Crippen molar-refractivity contribution in [1.82, 2.24) is 24.3 Å². The van der Waals surface area contributed by atoms with Crippen LogP contribution in [-0.4, -0.2) is 72.8 Å². The van der Waals surface area contributed by atoms with Crippen molar-refractivity contribution in [3.63, 3.8) is 0 Å². The number of nitrogens with zero attached hydrogens (tertiary/aromatic N) is 5. The summed E-state index contributed by atoms with van der Waals surface area (Å²) in [6, 6.07) is 6.87. The summed E-state index contributed by atoms with van der Waals surface area (Å²) < 4.78 is 6.02. The fourth-order valence-electron chi connectivity index (χ4n) is 5.81. The maximum atomic E-state index is 6.29. The number of benzene rings is 1. The number of piperidine rings is 1. The summed E-state index contributed by atoms with van der Waals surface area (Å²) in [5.41, 5.74) is 7.37. The number of likely N-dealkylation sites (tertiary alicyclic amines) is 1. The second-order valence-corrected chi connectivity index (χ2v) is 10.7. The summed E-state index contributed by atoms with van der Waals surface area (Å²) in [6.07, 6.45) is 10.7. The Labute approximate surface area is 214 Å². The third-order valence-electron chi connectivity index (χ3n) is 8.01. The summed E-state index contributed by atoms with van der Waals surface area (Å²) in [4.78, 5) is 16.6. The fourth-order valence-corrected chi connectivity index (χ4v) is 6.09. The number of hydrogen-bond donors (Lipinski definition) is 2. The average Bonchev–Trinajstić information content (AvgIpc) is 3.14. The predicted molar refractivity (Wildman–Crippen MR) is 144 cm³/mol. The molecule has 0 radical (unpaired) electrons. The highest BCUT2D eigenvalue weighted by Crippen LogP contribution is 2.36. The molecule has 9 heteroatoms. The van der Waals surface area contributed by atoms with Crippen LogP contribution in [0.15, 0.2) is 18.2 Å². The van der Waals surface area contributed by atoms with Gasteiger partial charge < -0.3 is 20.7 Å². The first-order valence-corrected chi connectivity index (χ1v) is 13.4. The van der Waals surface area contributed by atoms with Crippen molar-refractivity contribution in [3.8, 4) is 5.75 Å². The van der Waals surface area contributed by atoms with E-state index < -0.39 is 0 Å². The van der Waals surface area contributed by atoms with Crippen LogP contribution < -0.4 is 20.3 Å². The predicted octanol–water partition coefficient (Wildman–Crippen LogP) is 4.52. The van der Waals surface area contributed by atoms with Gasteiger partial charge in [0.2, 0.25) is 11.9 Å². The highest BCUT2D eigenvalue weighted by Gasteiger charge is 2.45. The van der Waals surface area contributed by atoms with Gasteiger partial charge in [-0.3, -0.25) is 4.48 Å². The zero-order chi connectivity index (χ0) is 24.8. The maximum absolute atomic E-state index is 6.29. The summed E-state index contributed by atoms with van der Waals surface area (Å²) in [5, 5.41) is 4.00. The number of nitrogens with one attached hydrogen (secondary N) is 1. The monoisotopic (exact) mass is 502 g/mol. The van der Waals surface area contributed by atoms with Crippen LogP contribution in [0.4, 0.5) is 17.8 Å². The molecule has 1 aliphatic heterocycles. The molecule has 1 aliphatic carbocycles. The van der Waals surface area contributed by atoms with Crippen molar-refractivity contribution in [2.75, 3.05) is 51.9 Å². The zero-order valence-corrected chi connectivity index (χ0v) is 22.2. The smallest absolute Gasteiger partial charge is 0.335 e. The van der Waals surface area contributed by atoms with E-state index in [1.54, 1.807) is 7.11 Å². The van der Waals surface area contributed by atoms with Gasteiger partial charge in [0.1, 0.15) is 5.75 Å². The van der Waals surface area contributed by atoms with Crippen LogP contribution in [0, 0.1) is 0 Å². The first-order valence-electron chi connectivity index (χ1n) is 13.0. The molecular weight excluding hydrogens is 462 g/mol. The van der Waals surface area contributed by atoms with Gasteiger partial charge in [0.05, 0.1) is 31.3 Å². The van der Waals surface area contributed by atoms with Crippen LogP contribution >= 0.6 is 11.6 Å². The van der Waals surface area contributed by atoms with Gasteiger partial charge in [-0.15, -0.1) is 9.97 Å². The third-order valence-corrected chi connectivity index (χ3v) is 8.31. The van der Waals surface area contributed by atoms with Gasteiger partial charge in [0.15, 0.2) is 0 Å². The molecule has 1 aromatic carbocycles. The first-order chi connectivity index (χ1) is 16.9. The maximum Gasteiger partial charge on any atom is 0.335 e. The standard InChI is InChI=1S/C26H41ClN7O/c1-33-16-13-21(14-17-33)34(2,20-8-6-4-5-7-9-20)26-31-24(28)30-25(32-26)29-15-12-19-10-11-23(35-3)22(27)18-19/h10-11,18,20-21H,4-9,12-17H2,1-3H3,(H3,28,29,30,31,32)/q+1. The Hall–Kier alpha value is -2.16. The highest BCUT2D eigenvalue weighted by molar-refractivity contribution is 6.32. The lowest BCUT2D eigenvalue weighted by atomic mass is 9.95. The Morgan fingerprint density at radius 2 is 1.74 bits per heavy atom. The molecule has 1 atom stereocenters. The number of nitrogen functional groups attached to an aromatic ring is 1. The lowest BCUT2D eigenvalue weighted by Gasteiger charge is -2.47. The molecule has 0 amide bonds. The number of anilines is 2. The fraction of sp³-hybridized carbons (Fsp3) is 0.654. The average molecular weight is 503 g/mol. The minimum absolute atomic E-state index is 0.288. The second-order valence-electron chi connectivity index (χ2n) is 10.3. The number of nitrogens with two attached hydrogens (primary N) is 1. The first kappa shape index (κ1) is 25.9. The Balaban J connectivity index is 1.54. The number of rotatable bonds is 8. The second kappa shape index (κ2) is 11.7. The molecule has 1 saturated heterocycles. The molecule has 2 heterocycles. The Kier molecular flexibility index (Phi) is 8.68. The molecule has 3 N–H and O–H groups in total. The lowest BCUT2D eigenvalue weighted by Crippen LogP contribution is -2.63. The molecule has 0 bridgehead atoms. The van der Waals surface area contributed by atoms with E-state index in [4.69, 9.17) is 32.0 Å². The number of ether oxygens (including phenoxy) is 1. The topological polar surface area (TPSA) is 89.2 Å². The molecule has 1 saturated carbocycles. The van der Waals surface area contributed by atoms with Gasteiger partial charge >= 0.3 is 5.95 Å². The van der Waals surface area contributed by atoms with Crippen molar-refractivity contribution < 1.29 is 4.74 Å². The van der Waals surface area contributed by atoms with E-state index in [1.165, 1.54) is 38.5 Å². The highest BCUT2D eigenvalue weighted by atomic mass is 35.5. The van der Waals surface area contributed by atoms with Gasteiger partial charge in [0, 0.05) is 32.5 Å². The van der Waals surface area contributed by atoms with Crippen LogP contribution in [0.2, 0.25) is 5.02 Å². The molecule has 2 aromatic rings. The van der Waals surface area contributed by atoms with Gasteiger partial charge in [0.25, 0.3) is 0 Å². The van der Waals surface area contributed by atoms with Crippen molar-refractivity contribution >= 4 is 29.4 Å². The largest absolute Gasteiger partial charge is 0.495 e. The molecule has 8 nitrogen and oxygen atoms in total. The van der Waals surface area contributed by atoms with Crippen LogP contribution in [0.5, 0.6) is 5.75 Å². The van der Waals surface area contributed by atoms with Crippen LogP contribution in [0.1, 0.15) is 56.9 Å². The van der Waals surface area contributed by atoms with Gasteiger partial charge in [-0.2, -0.15) is 4.98 Å². The summed E-state index contributed by atoms with van der Waals surface area (Å²) in [7, 11) is 6.19. The molecule has 35 heavy (non-hydrogen) atoms. The van der Waals surface area contributed by atoms with E-state index in [1.807, 2.05) is 18.2 Å². The van der Waals surface area contributed by atoms with Crippen LogP contribution in [0.3, 0.4) is 0 Å². The van der Waals surface area contributed by atoms with E-state index in [-0.39, 0.29) is 5.95 Å². The third kappa shape index (κ3) is 6.16. The molecule has 1 unspecified atom stereocenters. The summed E-state index contributed by atoms with van der Waals surface area (Å²) in [5.74, 6) is 2.34. The Morgan fingerprint density at radius 1 is 1.06 bits per heavy atom. The van der Waals surface area contributed by atoms with E-state index in [0.717, 1.165) is 48.3 Å². The number of methoxy groups -OCH3 is 1. The Bertz CT molecular complexity index is 974. The molecule has 2 aliphatic rings. The zero-order valence-electron chi connectivity index (χ0n) is 21.5. The SMILES string of the molecule is COc1ccc(CCNc2nc(N)nc([N+](C)(C3CCCCCC3)C3CCN(C)CC3)n2)cc1Cl. The van der Waals surface area contributed by atoms with Gasteiger partial charge in [-0.05, 0) is 56.8 Å². The number of quaternary nitrogens is 1. The number of hydrogen-bond acceptors (Lipinski definition) is 7. The number of halogens is 1. The van der Waals surface area contributed by atoms with E-state index >= 15 is 0 Å². The van der Waals surface area contributed by atoms with Crippen molar-refractivity contribution in [2.24, 2.45) is 0 Å². The van der Waals surface area contributed by atoms with Crippen molar-refractivity contribution in [1.29, 1.82) is 0 Å². The van der Waals surface area contributed by atoms with E-state index in [0.29, 0.717) is 35.3 Å². The molecule has 4 rings (SSSR count). The van der Waals surface area contributed by atoms with E-state index in [2.05, 4.69) is 29.3 Å². The normalized spacial score (nSPS) is 20.2. The minimum atomic E-state index is 0.288. The van der Waals surface area contributed by atoms with Crippen LogP contribution in [0.25, 0.3) is 0 Å². The van der Waals surface area contributed by atoms with Gasteiger partial charge in [-0.1, -0.05) is 30.5 Å². The quantitative estimate of drug-likeness (QED) is 0.405. The molecule has 2 fully saturated rings. The molecule has 192 valence electrons. The van der Waals surface area contributed by atoms with Crippen molar-refractivity contribution in [3.05, 3.63) is 28.8 Å². The van der Waals surface area contributed by atoms with E-state index in [9.17, 15) is 0 Å². The molecular formula is C26H41ClN7O+. The molecule has 0 spiro atoms. The Morgan fingerprint density at radius 3 is 2.40 bits per heavy atom. The minimum Gasteiger partial charge on any atom is -0.495 e. The summed E-state index contributed by atoms with van der Waals surface area (Å²) in [6.45, 7) is 2.90. The lowest BCUT2D eigenvalue weighted by molar-refractivity contribution is 0.0961. The summed E-state index contributed by atoms with van der Waals surface area (Å²) >= 11 is 6.29. The van der Waals surface area contributed by atoms with Crippen molar-refractivity contribution in [2.45, 2.75) is 69.9 Å². The molecule has 1 aromatic heterocycles.